The van der Waals surface area contributed by atoms with E-state index in [0.717, 1.165) is 42.1 Å². The summed E-state index contributed by atoms with van der Waals surface area (Å²) in [5.74, 6) is -0.549. The van der Waals surface area contributed by atoms with Gasteiger partial charge in [-0.05, 0) is 43.2 Å². The molecule has 0 unspecified atom stereocenters. The van der Waals surface area contributed by atoms with Crippen LogP contribution in [0.3, 0.4) is 0 Å². The molecule has 3 N–H and O–H groups in total. The highest BCUT2D eigenvalue weighted by atomic mass is 35.5. The molecule has 1 aliphatic carbocycles. The minimum absolute atomic E-state index is 0.00217. The molecule has 0 radical (unpaired) electrons. The van der Waals surface area contributed by atoms with Crippen molar-refractivity contribution in [2.75, 3.05) is 13.2 Å². The number of rotatable bonds is 8. The van der Waals surface area contributed by atoms with Crippen LogP contribution in [0.5, 0.6) is 5.75 Å². The standard InChI is InChI=1S/C26H29ClN4O4/c27-22-15-18(9-10-24(22)33)26(35)29-28-16-19-5-4-8-23-21(19)11-12-30(23)17-25(34)31(13-14-32)20-6-2-1-3-7-20/h4-5,8-12,15-16,20,32-33H,1-3,6-7,13-14,17H2,(H,29,35)/b28-16+. The number of hydrogen-bond acceptors (Lipinski definition) is 5. The summed E-state index contributed by atoms with van der Waals surface area (Å²) >= 11 is 5.86. The molecule has 35 heavy (non-hydrogen) atoms. The van der Waals surface area contributed by atoms with Crippen molar-refractivity contribution in [3.05, 3.63) is 64.8 Å². The summed E-state index contributed by atoms with van der Waals surface area (Å²) < 4.78 is 1.90. The maximum absolute atomic E-state index is 13.2. The van der Waals surface area contributed by atoms with E-state index in [1.165, 1.54) is 24.6 Å². The Hall–Kier alpha value is -3.36. The highest BCUT2D eigenvalue weighted by Crippen LogP contribution is 2.25. The highest BCUT2D eigenvalue weighted by molar-refractivity contribution is 6.32. The van der Waals surface area contributed by atoms with E-state index >= 15 is 0 Å². The summed E-state index contributed by atoms with van der Waals surface area (Å²) in [5, 5.41) is 24.1. The summed E-state index contributed by atoms with van der Waals surface area (Å²) in [4.78, 5) is 27.3. The van der Waals surface area contributed by atoms with Crippen molar-refractivity contribution in [3.63, 3.8) is 0 Å². The van der Waals surface area contributed by atoms with Crippen LogP contribution in [0.2, 0.25) is 5.02 Å². The van der Waals surface area contributed by atoms with Crippen LogP contribution in [-0.2, 0) is 11.3 Å². The first-order valence-electron chi connectivity index (χ1n) is 11.8. The predicted molar refractivity (Wildman–Crippen MR) is 136 cm³/mol. The molecule has 2 aromatic carbocycles. The van der Waals surface area contributed by atoms with Crippen LogP contribution in [0.1, 0.15) is 48.0 Å². The Morgan fingerprint density at radius 3 is 2.71 bits per heavy atom. The fourth-order valence-corrected chi connectivity index (χ4v) is 4.80. The van der Waals surface area contributed by atoms with E-state index in [2.05, 4.69) is 10.5 Å². The number of aliphatic hydroxyl groups is 1. The van der Waals surface area contributed by atoms with Crippen molar-refractivity contribution in [1.29, 1.82) is 0 Å². The predicted octanol–water partition coefficient (Wildman–Crippen LogP) is 3.92. The smallest absolute Gasteiger partial charge is 0.271 e. The summed E-state index contributed by atoms with van der Waals surface area (Å²) in [5.41, 5.74) is 4.41. The molecule has 9 heteroatoms. The third-order valence-electron chi connectivity index (χ3n) is 6.41. The minimum Gasteiger partial charge on any atom is -0.506 e. The monoisotopic (exact) mass is 496 g/mol. The molecule has 1 aromatic heterocycles. The molecule has 0 spiro atoms. The fraction of sp³-hybridized carbons (Fsp3) is 0.346. The third kappa shape index (κ3) is 5.83. The number of aromatic nitrogens is 1. The quantitative estimate of drug-likeness (QED) is 0.324. The minimum atomic E-state index is -0.454. The second-order valence-corrected chi connectivity index (χ2v) is 9.10. The van der Waals surface area contributed by atoms with Gasteiger partial charge < -0.3 is 19.7 Å². The van der Waals surface area contributed by atoms with Crippen molar-refractivity contribution in [2.24, 2.45) is 5.10 Å². The molecular weight excluding hydrogens is 468 g/mol. The second-order valence-electron chi connectivity index (χ2n) is 8.69. The molecule has 0 aliphatic heterocycles. The Bertz CT molecular complexity index is 1230. The van der Waals surface area contributed by atoms with Gasteiger partial charge in [0.1, 0.15) is 12.3 Å². The lowest BCUT2D eigenvalue weighted by Gasteiger charge is -2.34. The number of nitrogens with zero attached hydrogens (tertiary/aromatic N) is 3. The number of phenols is 1. The van der Waals surface area contributed by atoms with Crippen molar-refractivity contribution in [3.8, 4) is 5.75 Å². The lowest BCUT2D eigenvalue weighted by molar-refractivity contribution is -0.135. The lowest BCUT2D eigenvalue weighted by atomic mass is 9.94. The fourth-order valence-electron chi connectivity index (χ4n) is 4.62. The highest BCUT2D eigenvalue weighted by Gasteiger charge is 2.25. The number of carbonyl (C=O) groups excluding carboxylic acids is 2. The van der Waals surface area contributed by atoms with Gasteiger partial charge in [0.2, 0.25) is 5.91 Å². The van der Waals surface area contributed by atoms with Crippen LogP contribution >= 0.6 is 11.6 Å². The lowest BCUT2D eigenvalue weighted by Crippen LogP contribution is -2.44. The molecule has 3 aromatic rings. The van der Waals surface area contributed by atoms with Gasteiger partial charge in [-0.25, -0.2) is 5.43 Å². The van der Waals surface area contributed by atoms with Gasteiger partial charge in [0, 0.05) is 40.8 Å². The zero-order valence-electron chi connectivity index (χ0n) is 19.4. The van der Waals surface area contributed by atoms with Crippen LogP contribution in [0.25, 0.3) is 10.9 Å². The van der Waals surface area contributed by atoms with E-state index in [1.807, 2.05) is 39.9 Å². The van der Waals surface area contributed by atoms with E-state index in [1.54, 1.807) is 6.21 Å². The SMILES string of the molecule is O=C(N/N=C/c1cccc2c1ccn2CC(=O)N(CCO)C1CCCCC1)c1ccc(O)c(Cl)c1. The molecule has 1 heterocycles. The summed E-state index contributed by atoms with van der Waals surface area (Å²) in [6.45, 7) is 0.503. The first-order valence-corrected chi connectivity index (χ1v) is 12.2. The van der Waals surface area contributed by atoms with Crippen LogP contribution < -0.4 is 5.43 Å². The molecule has 1 aliphatic rings. The Morgan fingerprint density at radius 1 is 1.17 bits per heavy atom. The molecular formula is C26H29ClN4O4. The first kappa shape index (κ1) is 24.8. The Labute approximate surface area is 208 Å². The maximum Gasteiger partial charge on any atom is 0.271 e. The van der Waals surface area contributed by atoms with Crippen LogP contribution in [-0.4, -0.2) is 56.9 Å². The Kier molecular flexibility index (Phi) is 8.05. The molecule has 0 atom stereocenters. The molecule has 184 valence electrons. The molecule has 0 bridgehead atoms. The van der Waals surface area contributed by atoms with E-state index < -0.39 is 5.91 Å². The third-order valence-corrected chi connectivity index (χ3v) is 6.71. The van der Waals surface area contributed by atoms with Gasteiger partial charge in [0.25, 0.3) is 5.91 Å². The Balaban J connectivity index is 1.46. The second kappa shape index (κ2) is 11.4. The maximum atomic E-state index is 13.2. The van der Waals surface area contributed by atoms with Gasteiger partial charge in [-0.2, -0.15) is 5.10 Å². The molecule has 0 saturated heterocycles. The summed E-state index contributed by atoms with van der Waals surface area (Å²) in [6.07, 6.45) is 8.83. The van der Waals surface area contributed by atoms with Gasteiger partial charge in [-0.3, -0.25) is 9.59 Å². The van der Waals surface area contributed by atoms with Gasteiger partial charge in [-0.1, -0.05) is 43.0 Å². The molecule has 2 amide bonds. The normalized spacial score (nSPS) is 14.5. The number of phenolic OH excluding ortho intramolecular Hbond substituents is 1. The average Bonchev–Trinajstić information content (AvgIpc) is 3.28. The molecule has 1 saturated carbocycles. The number of hydrazone groups is 1. The van der Waals surface area contributed by atoms with Crippen LogP contribution in [0.4, 0.5) is 0 Å². The number of aromatic hydroxyl groups is 1. The first-order chi connectivity index (χ1) is 17.0. The van der Waals surface area contributed by atoms with E-state index in [-0.39, 0.29) is 41.4 Å². The molecule has 1 fully saturated rings. The van der Waals surface area contributed by atoms with Crippen molar-refractivity contribution >= 4 is 40.5 Å². The van der Waals surface area contributed by atoms with Crippen molar-refractivity contribution in [2.45, 2.75) is 44.7 Å². The van der Waals surface area contributed by atoms with Crippen molar-refractivity contribution < 1.29 is 19.8 Å². The zero-order valence-corrected chi connectivity index (χ0v) is 20.1. The van der Waals surface area contributed by atoms with Gasteiger partial charge in [-0.15, -0.1) is 0 Å². The van der Waals surface area contributed by atoms with E-state index in [9.17, 15) is 19.8 Å². The summed E-state index contributed by atoms with van der Waals surface area (Å²) in [7, 11) is 0. The number of halogens is 1. The van der Waals surface area contributed by atoms with E-state index in [4.69, 9.17) is 11.6 Å². The number of aliphatic hydroxyl groups excluding tert-OH is 1. The number of hydrogen-bond donors (Lipinski definition) is 3. The summed E-state index contributed by atoms with van der Waals surface area (Å²) in [6, 6.07) is 12.0. The average molecular weight is 497 g/mol. The van der Waals surface area contributed by atoms with Gasteiger partial charge in [0.15, 0.2) is 0 Å². The molecule has 4 rings (SSSR count). The number of fused-ring (bicyclic) bond motifs is 1. The number of nitrogens with one attached hydrogen (secondary N) is 1. The van der Waals surface area contributed by atoms with Gasteiger partial charge in [0.05, 0.1) is 17.8 Å². The topological polar surface area (TPSA) is 107 Å². The number of benzene rings is 2. The van der Waals surface area contributed by atoms with Crippen LogP contribution in [0, 0.1) is 0 Å². The van der Waals surface area contributed by atoms with Crippen LogP contribution in [0.15, 0.2) is 53.8 Å². The molecule has 8 nitrogen and oxygen atoms in total. The van der Waals surface area contributed by atoms with Gasteiger partial charge >= 0.3 is 0 Å². The van der Waals surface area contributed by atoms with E-state index in [0.29, 0.717) is 6.54 Å². The van der Waals surface area contributed by atoms with Crippen molar-refractivity contribution in [1.82, 2.24) is 14.9 Å². The Morgan fingerprint density at radius 2 is 1.97 bits per heavy atom. The number of amides is 2. The number of carbonyl (C=O) groups is 2. The zero-order chi connectivity index (χ0) is 24.8. The largest absolute Gasteiger partial charge is 0.506 e.